The Bertz CT molecular complexity index is 206. The van der Waals surface area contributed by atoms with Gasteiger partial charge in [-0.2, -0.15) is 0 Å². The van der Waals surface area contributed by atoms with Crippen LogP contribution in [0.5, 0.6) is 0 Å². The number of hydrogen-bond acceptors (Lipinski definition) is 2. The van der Waals surface area contributed by atoms with Crippen molar-refractivity contribution < 1.29 is 9.53 Å². The Labute approximate surface area is 93.8 Å². The zero-order valence-corrected chi connectivity index (χ0v) is 11.1. The molecule has 0 aliphatic rings. The number of nitrogens with zero attached hydrogens (tertiary/aromatic N) is 1. The number of amides is 1. The number of ether oxygens (including phenoxy) is 1. The van der Waals surface area contributed by atoms with Gasteiger partial charge in [0.1, 0.15) is 5.60 Å². The van der Waals surface area contributed by atoms with Gasteiger partial charge in [0.25, 0.3) is 0 Å². The fourth-order valence-electron chi connectivity index (χ4n) is 1.66. The molecule has 0 N–H and O–H groups in total. The summed E-state index contributed by atoms with van der Waals surface area (Å²) in [6.45, 7) is 12.0. The van der Waals surface area contributed by atoms with Crippen LogP contribution in [0.1, 0.15) is 48.0 Å². The van der Waals surface area contributed by atoms with Gasteiger partial charge in [-0.25, -0.2) is 4.79 Å². The van der Waals surface area contributed by atoms with Crippen molar-refractivity contribution in [3.63, 3.8) is 0 Å². The van der Waals surface area contributed by atoms with E-state index in [1.807, 2.05) is 27.8 Å². The quantitative estimate of drug-likeness (QED) is 0.723. The van der Waals surface area contributed by atoms with E-state index in [0.29, 0.717) is 5.92 Å². The van der Waals surface area contributed by atoms with Gasteiger partial charge in [-0.05, 0) is 33.1 Å². The van der Waals surface area contributed by atoms with Crippen LogP contribution in [-0.2, 0) is 4.74 Å². The van der Waals surface area contributed by atoms with E-state index in [-0.39, 0.29) is 12.1 Å². The Morgan fingerprint density at radius 3 is 2.07 bits per heavy atom. The van der Waals surface area contributed by atoms with E-state index in [2.05, 4.69) is 20.8 Å². The van der Waals surface area contributed by atoms with Crippen LogP contribution in [0, 0.1) is 5.92 Å². The summed E-state index contributed by atoms with van der Waals surface area (Å²) in [4.78, 5) is 13.5. The van der Waals surface area contributed by atoms with E-state index in [4.69, 9.17) is 4.74 Å². The second kappa shape index (κ2) is 5.38. The van der Waals surface area contributed by atoms with Gasteiger partial charge in [-0.15, -0.1) is 0 Å². The number of carbonyl (C=O) groups is 1. The average molecular weight is 215 g/mol. The minimum atomic E-state index is -0.416. The lowest BCUT2D eigenvalue weighted by Gasteiger charge is -2.32. The molecule has 0 aromatic carbocycles. The molecule has 0 saturated heterocycles. The van der Waals surface area contributed by atoms with Crippen LogP contribution < -0.4 is 0 Å². The van der Waals surface area contributed by atoms with Crippen molar-refractivity contribution in [1.29, 1.82) is 0 Å². The first-order valence-electron chi connectivity index (χ1n) is 5.64. The van der Waals surface area contributed by atoms with Crippen LogP contribution in [0.3, 0.4) is 0 Å². The summed E-state index contributed by atoms with van der Waals surface area (Å²) in [6, 6.07) is 0.250. The smallest absolute Gasteiger partial charge is 0.410 e. The minimum absolute atomic E-state index is 0.233. The van der Waals surface area contributed by atoms with E-state index >= 15 is 0 Å². The maximum Gasteiger partial charge on any atom is 0.410 e. The highest BCUT2D eigenvalue weighted by Gasteiger charge is 2.25. The van der Waals surface area contributed by atoms with E-state index in [1.165, 1.54) is 0 Å². The molecule has 0 aliphatic heterocycles. The van der Waals surface area contributed by atoms with Gasteiger partial charge in [-0.1, -0.05) is 20.8 Å². The molecule has 0 aromatic rings. The summed E-state index contributed by atoms with van der Waals surface area (Å²) in [5.41, 5.74) is -0.416. The second-order valence-electron chi connectivity index (χ2n) is 5.31. The summed E-state index contributed by atoms with van der Waals surface area (Å²) in [5.74, 6) is 0.451. The number of carbonyl (C=O) groups excluding carboxylic acids is 1. The number of hydrogen-bond donors (Lipinski definition) is 0. The zero-order chi connectivity index (χ0) is 12.2. The van der Waals surface area contributed by atoms with Gasteiger partial charge in [0, 0.05) is 13.1 Å². The molecule has 1 unspecified atom stereocenters. The molecule has 0 radical (unpaired) electrons. The molecule has 0 heterocycles. The van der Waals surface area contributed by atoms with Gasteiger partial charge < -0.3 is 9.64 Å². The maximum absolute atomic E-state index is 11.8. The van der Waals surface area contributed by atoms with Crippen molar-refractivity contribution in [3.05, 3.63) is 0 Å². The SMILES string of the molecule is CCC(C(C)C)N(C)C(=O)OC(C)(C)C. The van der Waals surface area contributed by atoms with Gasteiger partial charge in [0.2, 0.25) is 0 Å². The van der Waals surface area contributed by atoms with Crippen LogP contribution in [-0.4, -0.2) is 29.7 Å². The molecule has 3 nitrogen and oxygen atoms in total. The van der Waals surface area contributed by atoms with Crippen molar-refractivity contribution in [2.24, 2.45) is 5.92 Å². The molecular formula is C12H25NO2. The molecule has 0 aromatic heterocycles. The summed E-state index contributed by atoms with van der Waals surface area (Å²) in [6.07, 6.45) is 0.719. The lowest BCUT2D eigenvalue weighted by atomic mass is 10.0. The van der Waals surface area contributed by atoms with Crippen LogP contribution in [0.4, 0.5) is 4.79 Å². The third-order valence-electron chi connectivity index (χ3n) is 2.37. The lowest BCUT2D eigenvalue weighted by Crippen LogP contribution is -2.42. The number of rotatable bonds is 3. The molecule has 0 rings (SSSR count). The highest BCUT2D eigenvalue weighted by Crippen LogP contribution is 2.16. The third-order valence-corrected chi connectivity index (χ3v) is 2.37. The summed E-state index contributed by atoms with van der Waals surface area (Å²) < 4.78 is 5.32. The Morgan fingerprint density at radius 2 is 1.80 bits per heavy atom. The van der Waals surface area contributed by atoms with E-state index < -0.39 is 5.60 Å². The van der Waals surface area contributed by atoms with Gasteiger partial charge in [0.05, 0.1) is 0 Å². The standard InChI is InChI=1S/C12H25NO2/c1-8-10(9(2)3)13(7)11(14)15-12(4,5)6/h9-10H,8H2,1-7H3. The van der Waals surface area contributed by atoms with Gasteiger partial charge in [0.15, 0.2) is 0 Å². The van der Waals surface area contributed by atoms with Crippen molar-refractivity contribution in [3.8, 4) is 0 Å². The second-order valence-corrected chi connectivity index (χ2v) is 5.31. The monoisotopic (exact) mass is 215 g/mol. The molecule has 0 bridgehead atoms. The normalized spacial score (nSPS) is 13.9. The average Bonchev–Trinajstić information content (AvgIpc) is 2.01. The van der Waals surface area contributed by atoms with Crippen molar-refractivity contribution in [2.45, 2.75) is 59.6 Å². The zero-order valence-electron chi connectivity index (χ0n) is 11.1. The fraction of sp³-hybridized carbons (Fsp3) is 0.917. The molecular weight excluding hydrogens is 190 g/mol. The molecule has 0 aliphatic carbocycles. The van der Waals surface area contributed by atoms with Crippen LogP contribution in [0.15, 0.2) is 0 Å². The Morgan fingerprint density at radius 1 is 1.33 bits per heavy atom. The van der Waals surface area contributed by atoms with Crippen LogP contribution >= 0.6 is 0 Å². The summed E-state index contributed by atoms with van der Waals surface area (Å²) >= 11 is 0. The van der Waals surface area contributed by atoms with Crippen molar-refractivity contribution in [1.82, 2.24) is 4.90 Å². The first-order valence-corrected chi connectivity index (χ1v) is 5.64. The Balaban J connectivity index is 4.42. The van der Waals surface area contributed by atoms with E-state index in [9.17, 15) is 4.79 Å². The molecule has 90 valence electrons. The molecule has 3 heteroatoms. The predicted octanol–water partition coefficient (Wildman–Crippen LogP) is 3.29. The third kappa shape index (κ3) is 5.05. The highest BCUT2D eigenvalue weighted by atomic mass is 16.6. The molecule has 0 spiro atoms. The first-order chi connectivity index (χ1) is 6.69. The van der Waals surface area contributed by atoms with Crippen molar-refractivity contribution in [2.75, 3.05) is 7.05 Å². The molecule has 15 heavy (non-hydrogen) atoms. The topological polar surface area (TPSA) is 29.5 Å². The Hall–Kier alpha value is -0.730. The Kier molecular flexibility index (Phi) is 5.12. The predicted molar refractivity (Wildman–Crippen MR) is 62.9 cm³/mol. The summed E-state index contributed by atoms with van der Waals surface area (Å²) in [7, 11) is 1.81. The van der Waals surface area contributed by atoms with Crippen LogP contribution in [0.2, 0.25) is 0 Å². The maximum atomic E-state index is 11.8. The lowest BCUT2D eigenvalue weighted by molar-refractivity contribution is 0.0175. The molecule has 1 amide bonds. The molecule has 0 fully saturated rings. The summed E-state index contributed by atoms with van der Waals surface area (Å²) in [5, 5.41) is 0. The highest BCUT2D eigenvalue weighted by molar-refractivity contribution is 5.68. The van der Waals surface area contributed by atoms with Gasteiger partial charge in [-0.3, -0.25) is 0 Å². The van der Waals surface area contributed by atoms with Crippen molar-refractivity contribution >= 4 is 6.09 Å². The van der Waals surface area contributed by atoms with E-state index in [0.717, 1.165) is 6.42 Å². The first kappa shape index (κ1) is 14.3. The fourth-order valence-corrected chi connectivity index (χ4v) is 1.66. The van der Waals surface area contributed by atoms with Crippen LogP contribution in [0.25, 0.3) is 0 Å². The minimum Gasteiger partial charge on any atom is -0.444 e. The van der Waals surface area contributed by atoms with Gasteiger partial charge >= 0.3 is 6.09 Å². The van der Waals surface area contributed by atoms with E-state index in [1.54, 1.807) is 4.90 Å². The largest absolute Gasteiger partial charge is 0.444 e. The molecule has 0 saturated carbocycles. The molecule has 1 atom stereocenters.